The van der Waals surface area contributed by atoms with Crippen molar-refractivity contribution in [3.05, 3.63) is 48.0 Å². The van der Waals surface area contributed by atoms with Crippen LogP contribution >= 0.6 is 0 Å². The van der Waals surface area contributed by atoms with E-state index < -0.39 is 0 Å². The summed E-state index contributed by atoms with van der Waals surface area (Å²) in [5.74, 6) is 0. The van der Waals surface area contributed by atoms with E-state index in [9.17, 15) is 4.79 Å². The number of carbonyl (C=O) groups excluding carboxylic acids is 1. The third kappa shape index (κ3) is 4.20. The second-order valence-electron chi connectivity index (χ2n) is 5.36. The zero-order valence-electron chi connectivity index (χ0n) is 12.5. The average molecular weight is 286 g/mol. The molecular formula is C17H22N2O2. The van der Waals surface area contributed by atoms with E-state index in [1.54, 1.807) is 0 Å². The average Bonchev–Trinajstić information content (AvgIpc) is 2.46. The molecule has 2 aromatic carbocycles. The Bertz CT molecular complexity index is 613. The van der Waals surface area contributed by atoms with Crippen molar-refractivity contribution >= 4 is 16.8 Å². The summed E-state index contributed by atoms with van der Waals surface area (Å²) in [6.45, 7) is 3.90. The first-order valence-corrected chi connectivity index (χ1v) is 7.26. The largest absolute Gasteiger partial charge is 0.396 e. The van der Waals surface area contributed by atoms with Crippen LogP contribution in [0.2, 0.25) is 0 Å². The highest BCUT2D eigenvalue weighted by atomic mass is 16.3. The molecule has 2 amide bonds. The molecule has 21 heavy (non-hydrogen) atoms. The maximum absolute atomic E-state index is 11.9. The molecule has 4 heteroatoms. The molecule has 0 aromatic heterocycles. The van der Waals surface area contributed by atoms with Gasteiger partial charge in [0.2, 0.25) is 0 Å². The number of benzene rings is 2. The smallest absolute Gasteiger partial charge is 0.315 e. The summed E-state index contributed by atoms with van der Waals surface area (Å²) in [4.78, 5) is 11.9. The SMILES string of the molecule is CC(NC(=O)N[C@H](C)CCO)c1ccc2ccccc2c1. The van der Waals surface area contributed by atoms with Crippen LogP contribution in [0.5, 0.6) is 0 Å². The summed E-state index contributed by atoms with van der Waals surface area (Å²) in [6.07, 6.45) is 0.553. The Balaban J connectivity index is 2.01. The van der Waals surface area contributed by atoms with E-state index in [-0.39, 0.29) is 24.7 Å². The van der Waals surface area contributed by atoms with Crippen LogP contribution in [0.4, 0.5) is 4.79 Å². The minimum absolute atomic E-state index is 0.0428. The Labute approximate surface area is 125 Å². The van der Waals surface area contributed by atoms with Crippen molar-refractivity contribution in [2.24, 2.45) is 0 Å². The van der Waals surface area contributed by atoms with Crippen LogP contribution in [0.1, 0.15) is 31.9 Å². The number of hydrogen-bond donors (Lipinski definition) is 3. The van der Waals surface area contributed by atoms with Gasteiger partial charge < -0.3 is 15.7 Å². The zero-order chi connectivity index (χ0) is 15.2. The van der Waals surface area contributed by atoms with Crippen LogP contribution in [-0.2, 0) is 0 Å². The van der Waals surface area contributed by atoms with Crippen LogP contribution < -0.4 is 10.6 Å². The van der Waals surface area contributed by atoms with Crippen LogP contribution in [0.25, 0.3) is 10.8 Å². The minimum atomic E-state index is -0.211. The fourth-order valence-electron chi connectivity index (χ4n) is 2.29. The Kier molecular flexibility index (Phi) is 5.17. The lowest BCUT2D eigenvalue weighted by Crippen LogP contribution is -2.42. The quantitative estimate of drug-likeness (QED) is 0.791. The third-order valence-electron chi connectivity index (χ3n) is 3.56. The molecule has 4 nitrogen and oxygen atoms in total. The summed E-state index contributed by atoms with van der Waals surface area (Å²) in [7, 11) is 0. The third-order valence-corrected chi connectivity index (χ3v) is 3.56. The molecular weight excluding hydrogens is 264 g/mol. The minimum Gasteiger partial charge on any atom is -0.396 e. The van der Waals surface area contributed by atoms with E-state index in [1.165, 1.54) is 5.39 Å². The van der Waals surface area contributed by atoms with Crippen molar-refractivity contribution in [1.82, 2.24) is 10.6 Å². The lowest BCUT2D eigenvalue weighted by atomic mass is 10.0. The van der Waals surface area contributed by atoms with Crippen molar-refractivity contribution in [3.8, 4) is 0 Å². The van der Waals surface area contributed by atoms with E-state index in [2.05, 4.69) is 34.9 Å². The van der Waals surface area contributed by atoms with Crippen molar-refractivity contribution in [2.45, 2.75) is 32.4 Å². The van der Waals surface area contributed by atoms with Gasteiger partial charge in [0.15, 0.2) is 0 Å². The molecule has 0 saturated carbocycles. The predicted octanol–water partition coefficient (Wildman–Crippen LogP) is 2.97. The number of amides is 2. The number of aliphatic hydroxyl groups excluding tert-OH is 1. The Morgan fingerprint density at radius 2 is 1.81 bits per heavy atom. The van der Waals surface area contributed by atoms with Crippen molar-refractivity contribution in [3.63, 3.8) is 0 Å². The van der Waals surface area contributed by atoms with Gasteiger partial charge in [-0.15, -0.1) is 0 Å². The fourth-order valence-corrected chi connectivity index (χ4v) is 2.29. The van der Waals surface area contributed by atoms with Gasteiger partial charge in [0.05, 0.1) is 6.04 Å². The number of rotatable bonds is 5. The molecule has 2 aromatic rings. The zero-order valence-corrected chi connectivity index (χ0v) is 12.5. The first-order chi connectivity index (χ1) is 10.1. The van der Waals surface area contributed by atoms with Crippen molar-refractivity contribution in [2.75, 3.05) is 6.61 Å². The second kappa shape index (κ2) is 7.09. The summed E-state index contributed by atoms with van der Waals surface area (Å²) in [5, 5.41) is 16.9. The maximum atomic E-state index is 11.9. The maximum Gasteiger partial charge on any atom is 0.315 e. The van der Waals surface area contributed by atoms with E-state index in [0.29, 0.717) is 6.42 Å². The van der Waals surface area contributed by atoms with Crippen LogP contribution in [0, 0.1) is 0 Å². The van der Waals surface area contributed by atoms with Gasteiger partial charge in [-0.3, -0.25) is 0 Å². The van der Waals surface area contributed by atoms with Crippen LogP contribution in [-0.4, -0.2) is 23.8 Å². The van der Waals surface area contributed by atoms with Gasteiger partial charge >= 0.3 is 6.03 Å². The number of hydrogen-bond acceptors (Lipinski definition) is 2. The molecule has 0 aliphatic carbocycles. The van der Waals surface area contributed by atoms with Gasteiger partial charge in [-0.1, -0.05) is 36.4 Å². The first-order valence-electron chi connectivity index (χ1n) is 7.26. The molecule has 2 rings (SSSR count). The summed E-state index contributed by atoms with van der Waals surface area (Å²) >= 11 is 0. The van der Waals surface area contributed by atoms with Gasteiger partial charge in [0.1, 0.15) is 0 Å². The molecule has 0 fully saturated rings. The second-order valence-corrected chi connectivity index (χ2v) is 5.36. The summed E-state index contributed by atoms with van der Waals surface area (Å²) in [5.41, 5.74) is 1.07. The van der Waals surface area contributed by atoms with E-state index in [1.807, 2.05) is 32.0 Å². The highest BCUT2D eigenvalue weighted by Gasteiger charge is 2.11. The molecule has 0 saturated heterocycles. The molecule has 0 radical (unpaired) electrons. The molecule has 0 aliphatic heterocycles. The summed E-state index contributed by atoms with van der Waals surface area (Å²) in [6, 6.07) is 14.0. The Hall–Kier alpha value is -2.07. The standard InChI is InChI=1S/C17H22N2O2/c1-12(9-10-20)18-17(21)19-13(2)15-8-7-14-5-3-4-6-16(14)11-15/h3-8,11-13,20H,9-10H2,1-2H3,(H2,18,19,21)/t12-,13?/m1/s1. The Morgan fingerprint density at radius 3 is 2.52 bits per heavy atom. The number of urea groups is 1. The first kappa shape index (κ1) is 15.3. The Morgan fingerprint density at radius 1 is 1.10 bits per heavy atom. The van der Waals surface area contributed by atoms with Gasteiger partial charge in [-0.25, -0.2) is 4.79 Å². The number of carbonyl (C=O) groups is 1. The molecule has 1 unspecified atom stereocenters. The molecule has 112 valence electrons. The molecule has 0 bridgehead atoms. The highest BCUT2D eigenvalue weighted by Crippen LogP contribution is 2.20. The van der Waals surface area contributed by atoms with E-state index in [0.717, 1.165) is 10.9 Å². The molecule has 0 aliphatic rings. The highest BCUT2D eigenvalue weighted by molar-refractivity contribution is 5.83. The normalized spacial score (nSPS) is 13.7. The van der Waals surface area contributed by atoms with E-state index >= 15 is 0 Å². The fraction of sp³-hybridized carbons (Fsp3) is 0.353. The summed E-state index contributed by atoms with van der Waals surface area (Å²) < 4.78 is 0. The predicted molar refractivity (Wildman–Crippen MR) is 85.2 cm³/mol. The number of aliphatic hydroxyl groups is 1. The lowest BCUT2D eigenvalue weighted by molar-refractivity contribution is 0.228. The van der Waals surface area contributed by atoms with Crippen LogP contribution in [0.3, 0.4) is 0 Å². The molecule has 0 spiro atoms. The van der Waals surface area contributed by atoms with Crippen molar-refractivity contribution < 1.29 is 9.90 Å². The van der Waals surface area contributed by atoms with Gasteiger partial charge in [-0.05, 0) is 42.7 Å². The lowest BCUT2D eigenvalue weighted by Gasteiger charge is -2.18. The monoisotopic (exact) mass is 286 g/mol. The van der Waals surface area contributed by atoms with Crippen molar-refractivity contribution in [1.29, 1.82) is 0 Å². The molecule has 2 atom stereocenters. The van der Waals surface area contributed by atoms with Crippen LogP contribution in [0.15, 0.2) is 42.5 Å². The van der Waals surface area contributed by atoms with Gasteiger partial charge in [0.25, 0.3) is 0 Å². The molecule has 3 N–H and O–H groups in total. The number of nitrogens with one attached hydrogen (secondary N) is 2. The van der Waals surface area contributed by atoms with Gasteiger partial charge in [-0.2, -0.15) is 0 Å². The van der Waals surface area contributed by atoms with E-state index in [4.69, 9.17) is 5.11 Å². The topological polar surface area (TPSA) is 61.4 Å². The molecule has 0 heterocycles. The number of fused-ring (bicyclic) bond motifs is 1. The van der Waals surface area contributed by atoms with Gasteiger partial charge in [0, 0.05) is 12.6 Å².